The van der Waals surface area contributed by atoms with Crippen LogP contribution in [0.4, 0.5) is 10.8 Å². The Hall–Kier alpha value is -2.21. The van der Waals surface area contributed by atoms with Crippen LogP contribution in [0.25, 0.3) is 10.3 Å². The summed E-state index contributed by atoms with van der Waals surface area (Å²) in [6, 6.07) is 7.99. The zero-order valence-corrected chi connectivity index (χ0v) is 11.3. The Balaban J connectivity index is 2.00. The van der Waals surface area contributed by atoms with Gasteiger partial charge in [-0.1, -0.05) is 29.0 Å². The van der Waals surface area contributed by atoms with Gasteiger partial charge in [-0.05, 0) is 26.0 Å². The molecule has 0 saturated carbocycles. The maximum Gasteiger partial charge on any atom is 0.278 e. The van der Waals surface area contributed by atoms with Gasteiger partial charge < -0.3 is 10.3 Å². The van der Waals surface area contributed by atoms with E-state index in [4.69, 9.17) is 0 Å². The summed E-state index contributed by atoms with van der Waals surface area (Å²) >= 11 is 1.37. The van der Waals surface area contributed by atoms with Crippen LogP contribution in [0.2, 0.25) is 0 Å². The van der Waals surface area contributed by atoms with Gasteiger partial charge in [-0.15, -0.1) is 0 Å². The van der Waals surface area contributed by atoms with Crippen LogP contribution in [0.1, 0.15) is 11.4 Å². The Morgan fingerprint density at radius 3 is 2.63 bits per heavy atom. The maximum absolute atomic E-state index is 11.7. The summed E-state index contributed by atoms with van der Waals surface area (Å²) in [7, 11) is 0. The van der Waals surface area contributed by atoms with Crippen molar-refractivity contribution in [1.82, 2.24) is 15.0 Å². The summed E-state index contributed by atoms with van der Waals surface area (Å²) in [6.45, 7) is 3.79. The normalized spacial score (nSPS) is 10.8. The minimum atomic E-state index is -0.198. The molecule has 2 aromatic heterocycles. The second-order valence-corrected chi connectivity index (χ2v) is 5.29. The Bertz CT molecular complexity index is 789. The van der Waals surface area contributed by atoms with E-state index in [9.17, 15) is 4.79 Å². The summed E-state index contributed by atoms with van der Waals surface area (Å²) in [6.07, 6.45) is 0. The highest BCUT2D eigenvalue weighted by molar-refractivity contribution is 7.21. The van der Waals surface area contributed by atoms with Crippen molar-refractivity contribution in [2.75, 3.05) is 5.32 Å². The molecule has 0 amide bonds. The van der Waals surface area contributed by atoms with E-state index in [0.29, 0.717) is 21.3 Å². The van der Waals surface area contributed by atoms with E-state index >= 15 is 0 Å². The van der Waals surface area contributed by atoms with Crippen LogP contribution in [0, 0.1) is 13.8 Å². The van der Waals surface area contributed by atoms with Crippen LogP contribution in [-0.4, -0.2) is 15.0 Å². The molecule has 19 heavy (non-hydrogen) atoms. The molecule has 0 bridgehead atoms. The Morgan fingerprint density at radius 1 is 1.16 bits per heavy atom. The number of rotatable bonds is 2. The van der Waals surface area contributed by atoms with Crippen LogP contribution < -0.4 is 10.9 Å². The molecule has 3 rings (SSSR count). The standard InChI is InChI=1S/C13H12N4OS/c1-7-3-5-9(6-4-7)16-13-17-10-11(18)14-8(2)15-12(10)19-13/h3-6H,1-2H3,(H,16,17)(H,14,15,18). The molecule has 0 aliphatic rings. The van der Waals surface area contributed by atoms with Crippen LogP contribution in [0.5, 0.6) is 0 Å². The van der Waals surface area contributed by atoms with Crippen LogP contribution in [0.3, 0.4) is 0 Å². The number of benzene rings is 1. The molecule has 2 heterocycles. The second-order valence-electron chi connectivity index (χ2n) is 4.32. The molecule has 0 aliphatic heterocycles. The molecule has 5 nitrogen and oxygen atoms in total. The number of aromatic amines is 1. The third-order valence-electron chi connectivity index (χ3n) is 2.69. The summed E-state index contributed by atoms with van der Waals surface area (Å²) in [5.74, 6) is 0.600. The first-order valence-electron chi connectivity index (χ1n) is 5.83. The molecular weight excluding hydrogens is 260 g/mol. The lowest BCUT2D eigenvalue weighted by molar-refractivity contribution is 1.06. The van der Waals surface area contributed by atoms with E-state index in [2.05, 4.69) is 20.3 Å². The number of aromatic nitrogens is 3. The third-order valence-corrected chi connectivity index (χ3v) is 3.56. The van der Waals surface area contributed by atoms with Gasteiger partial charge in [0, 0.05) is 5.69 Å². The SMILES string of the molecule is Cc1ccc(Nc2nc3c(=O)[nH]c(C)nc3s2)cc1. The van der Waals surface area contributed by atoms with Crippen LogP contribution in [-0.2, 0) is 0 Å². The first-order valence-corrected chi connectivity index (χ1v) is 6.64. The molecule has 0 fully saturated rings. The summed E-state index contributed by atoms with van der Waals surface area (Å²) in [5.41, 5.74) is 2.32. The highest BCUT2D eigenvalue weighted by Crippen LogP contribution is 2.25. The second kappa shape index (κ2) is 4.47. The molecule has 0 saturated heterocycles. The van der Waals surface area contributed by atoms with Crippen molar-refractivity contribution in [3.63, 3.8) is 0 Å². The van der Waals surface area contributed by atoms with E-state index in [1.54, 1.807) is 6.92 Å². The molecule has 2 N–H and O–H groups in total. The number of hydrogen-bond acceptors (Lipinski definition) is 5. The van der Waals surface area contributed by atoms with Crippen molar-refractivity contribution in [3.05, 3.63) is 46.0 Å². The largest absolute Gasteiger partial charge is 0.331 e. The van der Waals surface area contributed by atoms with Gasteiger partial charge in [0.05, 0.1) is 0 Å². The number of hydrogen-bond donors (Lipinski definition) is 2. The average molecular weight is 272 g/mol. The van der Waals surface area contributed by atoms with Gasteiger partial charge in [-0.3, -0.25) is 4.79 Å². The minimum absolute atomic E-state index is 0.198. The van der Waals surface area contributed by atoms with Gasteiger partial charge in [-0.25, -0.2) is 9.97 Å². The van der Waals surface area contributed by atoms with E-state index in [1.165, 1.54) is 16.9 Å². The topological polar surface area (TPSA) is 70.7 Å². The zero-order chi connectivity index (χ0) is 13.4. The Labute approximate surface area is 113 Å². The molecule has 0 unspecified atom stereocenters. The number of H-pyrrole nitrogens is 1. The molecule has 0 spiro atoms. The molecule has 6 heteroatoms. The van der Waals surface area contributed by atoms with Crippen molar-refractivity contribution < 1.29 is 0 Å². The van der Waals surface area contributed by atoms with E-state index in [-0.39, 0.29) is 5.56 Å². The van der Waals surface area contributed by atoms with Crippen molar-refractivity contribution in [2.45, 2.75) is 13.8 Å². The maximum atomic E-state index is 11.7. The Morgan fingerprint density at radius 2 is 1.89 bits per heavy atom. The smallest absolute Gasteiger partial charge is 0.278 e. The number of anilines is 2. The van der Waals surface area contributed by atoms with E-state index in [0.717, 1.165) is 5.69 Å². The fourth-order valence-corrected chi connectivity index (χ4v) is 2.66. The molecule has 1 aromatic carbocycles. The van der Waals surface area contributed by atoms with Crippen molar-refractivity contribution >= 4 is 32.5 Å². The minimum Gasteiger partial charge on any atom is -0.331 e. The lowest BCUT2D eigenvalue weighted by Gasteiger charge is -2.01. The fourth-order valence-electron chi connectivity index (χ4n) is 1.75. The summed E-state index contributed by atoms with van der Waals surface area (Å²) in [5, 5.41) is 3.85. The predicted octanol–water partition coefficient (Wildman–Crippen LogP) is 2.74. The van der Waals surface area contributed by atoms with Gasteiger partial charge in [0.25, 0.3) is 5.56 Å². The van der Waals surface area contributed by atoms with Gasteiger partial charge in [0.2, 0.25) is 0 Å². The molecule has 0 atom stereocenters. The molecule has 96 valence electrons. The van der Waals surface area contributed by atoms with Crippen LogP contribution in [0.15, 0.2) is 29.1 Å². The van der Waals surface area contributed by atoms with Crippen molar-refractivity contribution in [1.29, 1.82) is 0 Å². The zero-order valence-electron chi connectivity index (χ0n) is 10.5. The summed E-state index contributed by atoms with van der Waals surface area (Å²) < 4.78 is 0. The average Bonchev–Trinajstić information content (AvgIpc) is 2.75. The Kier molecular flexibility index (Phi) is 2.79. The molecule has 0 aliphatic carbocycles. The van der Waals surface area contributed by atoms with Gasteiger partial charge in [0.15, 0.2) is 15.5 Å². The van der Waals surface area contributed by atoms with Crippen LogP contribution >= 0.6 is 11.3 Å². The highest BCUT2D eigenvalue weighted by Gasteiger charge is 2.09. The number of fused-ring (bicyclic) bond motifs is 1. The first-order chi connectivity index (χ1) is 9.11. The lowest BCUT2D eigenvalue weighted by atomic mass is 10.2. The monoisotopic (exact) mass is 272 g/mol. The molecular formula is C13H12N4OS. The number of aryl methyl sites for hydroxylation is 2. The van der Waals surface area contributed by atoms with Crippen molar-refractivity contribution in [2.24, 2.45) is 0 Å². The first kappa shape index (κ1) is 11.9. The number of nitrogens with zero attached hydrogens (tertiary/aromatic N) is 2. The van der Waals surface area contributed by atoms with Crippen molar-refractivity contribution in [3.8, 4) is 0 Å². The van der Waals surface area contributed by atoms with Gasteiger partial charge >= 0.3 is 0 Å². The summed E-state index contributed by atoms with van der Waals surface area (Å²) in [4.78, 5) is 23.6. The highest BCUT2D eigenvalue weighted by atomic mass is 32.1. The lowest BCUT2D eigenvalue weighted by Crippen LogP contribution is -2.08. The predicted molar refractivity (Wildman–Crippen MR) is 77.2 cm³/mol. The quantitative estimate of drug-likeness (QED) is 0.752. The molecule has 0 radical (unpaired) electrons. The number of thiazole rings is 1. The fraction of sp³-hybridized carbons (Fsp3) is 0.154. The van der Waals surface area contributed by atoms with E-state index in [1.807, 2.05) is 31.2 Å². The van der Waals surface area contributed by atoms with Gasteiger partial charge in [0.1, 0.15) is 5.82 Å². The third kappa shape index (κ3) is 2.34. The van der Waals surface area contributed by atoms with E-state index < -0.39 is 0 Å². The van der Waals surface area contributed by atoms with Gasteiger partial charge in [-0.2, -0.15) is 0 Å². The number of nitrogens with one attached hydrogen (secondary N) is 2. The molecule has 3 aromatic rings.